The van der Waals surface area contributed by atoms with Crippen LogP contribution in [-0.2, 0) is 20.7 Å². The number of halogens is 1. The van der Waals surface area contributed by atoms with Gasteiger partial charge in [-0.05, 0) is 36.8 Å². The fourth-order valence-corrected chi connectivity index (χ4v) is 3.67. The molecule has 1 aromatic carbocycles. The Kier molecular flexibility index (Phi) is 8.71. The minimum absolute atomic E-state index is 0.0663. The van der Waals surface area contributed by atoms with Gasteiger partial charge in [-0.25, -0.2) is 19.3 Å². The summed E-state index contributed by atoms with van der Waals surface area (Å²) in [7, 11) is 0. The second-order valence-electron chi connectivity index (χ2n) is 8.21. The third kappa shape index (κ3) is 6.51. The Bertz CT molecular complexity index is 1160. The van der Waals surface area contributed by atoms with E-state index in [1.54, 1.807) is 30.5 Å². The number of aromatic nitrogens is 4. The number of anilines is 1. The standard InChI is InChI=1S/C25H29FN6O4/c1-2-9-27-24(34)17-14-35-21(36-15-17)13-20-31-22(16-4-6-18(26)7-5-16)23(32-20)19-8-11-29-25(30-19)28-10-3-12-33/h2,4-8,11,17,21,33H,1,3,9-10,12-15H2,(H,27,34)(H,31,32)(H,28,29,30). The third-order valence-corrected chi connectivity index (χ3v) is 5.52. The Balaban J connectivity index is 1.53. The van der Waals surface area contributed by atoms with Gasteiger partial charge in [0, 0.05) is 31.5 Å². The number of carbonyl (C=O) groups excluding carboxylic acids is 1. The van der Waals surface area contributed by atoms with E-state index in [9.17, 15) is 9.18 Å². The van der Waals surface area contributed by atoms with Crippen molar-refractivity contribution in [3.8, 4) is 22.6 Å². The van der Waals surface area contributed by atoms with Crippen molar-refractivity contribution in [1.29, 1.82) is 0 Å². The number of rotatable bonds is 11. The number of aliphatic hydroxyl groups is 1. The van der Waals surface area contributed by atoms with Crippen LogP contribution in [0, 0.1) is 11.7 Å². The molecule has 1 aliphatic heterocycles. The highest BCUT2D eigenvalue weighted by Gasteiger charge is 2.28. The normalized spacial score (nSPS) is 17.5. The lowest BCUT2D eigenvalue weighted by molar-refractivity contribution is -0.200. The fraction of sp³-hybridized carbons (Fsp3) is 0.360. The molecule has 0 aliphatic carbocycles. The van der Waals surface area contributed by atoms with E-state index in [0.29, 0.717) is 60.3 Å². The lowest BCUT2D eigenvalue weighted by Gasteiger charge is -2.28. The number of aromatic amines is 1. The first-order chi connectivity index (χ1) is 17.6. The number of hydrogen-bond donors (Lipinski definition) is 4. The molecular formula is C25H29FN6O4. The molecule has 1 amide bonds. The van der Waals surface area contributed by atoms with E-state index in [1.165, 1.54) is 12.1 Å². The second-order valence-corrected chi connectivity index (χ2v) is 8.21. The summed E-state index contributed by atoms with van der Waals surface area (Å²) < 4.78 is 25.1. The molecule has 0 radical (unpaired) electrons. The molecule has 0 atom stereocenters. The van der Waals surface area contributed by atoms with Crippen LogP contribution < -0.4 is 10.6 Å². The molecule has 3 aromatic rings. The molecule has 1 fully saturated rings. The average Bonchev–Trinajstić information content (AvgIpc) is 3.32. The van der Waals surface area contributed by atoms with Crippen molar-refractivity contribution in [1.82, 2.24) is 25.3 Å². The largest absolute Gasteiger partial charge is 0.396 e. The van der Waals surface area contributed by atoms with Crippen LogP contribution in [-0.4, -0.2) is 70.1 Å². The number of carbonyl (C=O) groups is 1. The van der Waals surface area contributed by atoms with Gasteiger partial charge in [-0.3, -0.25) is 4.79 Å². The lowest BCUT2D eigenvalue weighted by Crippen LogP contribution is -2.42. The molecule has 0 spiro atoms. The van der Waals surface area contributed by atoms with Gasteiger partial charge >= 0.3 is 0 Å². The Labute approximate surface area is 208 Å². The molecule has 10 nitrogen and oxygen atoms in total. The first-order valence-electron chi connectivity index (χ1n) is 11.7. The van der Waals surface area contributed by atoms with E-state index >= 15 is 0 Å². The zero-order valence-electron chi connectivity index (χ0n) is 19.7. The smallest absolute Gasteiger partial charge is 0.228 e. The molecule has 190 valence electrons. The molecule has 0 saturated carbocycles. The number of H-pyrrole nitrogens is 1. The van der Waals surface area contributed by atoms with Crippen molar-refractivity contribution in [3.63, 3.8) is 0 Å². The first-order valence-corrected chi connectivity index (χ1v) is 11.7. The van der Waals surface area contributed by atoms with E-state index in [0.717, 1.165) is 0 Å². The number of hydrogen-bond acceptors (Lipinski definition) is 8. The van der Waals surface area contributed by atoms with Gasteiger partial charge in [-0.1, -0.05) is 6.08 Å². The Morgan fingerprint density at radius 1 is 1.22 bits per heavy atom. The van der Waals surface area contributed by atoms with Crippen LogP contribution >= 0.6 is 0 Å². The van der Waals surface area contributed by atoms with Gasteiger partial charge in [-0.2, -0.15) is 0 Å². The molecule has 1 saturated heterocycles. The van der Waals surface area contributed by atoms with Crippen LogP contribution in [0.4, 0.5) is 10.3 Å². The minimum atomic E-state index is -0.574. The SMILES string of the molecule is C=CCNC(=O)C1COC(Cc2nc(-c3ccc(F)cc3)c(-c3ccnc(NCCCO)n3)[nH]2)OC1. The van der Waals surface area contributed by atoms with Gasteiger partial charge in [0.25, 0.3) is 0 Å². The summed E-state index contributed by atoms with van der Waals surface area (Å²) in [5.41, 5.74) is 2.55. The highest BCUT2D eigenvalue weighted by molar-refractivity contribution is 5.79. The molecule has 11 heteroatoms. The first kappa shape index (κ1) is 25.4. The zero-order valence-corrected chi connectivity index (χ0v) is 19.7. The number of aliphatic hydroxyl groups excluding tert-OH is 1. The van der Waals surface area contributed by atoms with Crippen LogP contribution in [0.3, 0.4) is 0 Å². The Hall–Kier alpha value is -3.67. The number of benzene rings is 1. The van der Waals surface area contributed by atoms with Crippen LogP contribution in [0.2, 0.25) is 0 Å². The molecule has 4 rings (SSSR count). The van der Waals surface area contributed by atoms with Gasteiger partial charge in [0.15, 0.2) is 6.29 Å². The van der Waals surface area contributed by atoms with E-state index in [4.69, 9.17) is 19.6 Å². The Morgan fingerprint density at radius 2 is 2.00 bits per heavy atom. The average molecular weight is 497 g/mol. The molecule has 1 aliphatic rings. The predicted octanol–water partition coefficient (Wildman–Crippen LogP) is 2.30. The fourth-order valence-electron chi connectivity index (χ4n) is 3.67. The zero-order chi connectivity index (χ0) is 25.3. The highest BCUT2D eigenvalue weighted by Crippen LogP contribution is 2.30. The number of amides is 1. The van der Waals surface area contributed by atoms with Crippen LogP contribution in [0.25, 0.3) is 22.6 Å². The van der Waals surface area contributed by atoms with Gasteiger partial charge < -0.3 is 30.2 Å². The molecule has 4 N–H and O–H groups in total. The van der Waals surface area contributed by atoms with Crippen molar-refractivity contribution >= 4 is 11.9 Å². The Morgan fingerprint density at radius 3 is 2.72 bits per heavy atom. The van der Waals surface area contributed by atoms with Crippen molar-refractivity contribution in [2.45, 2.75) is 19.1 Å². The summed E-state index contributed by atoms with van der Waals surface area (Å²) >= 11 is 0. The molecule has 2 aromatic heterocycles. The molecule has 3 heterocycles. The number of ether oxygens (including phenoxy) is 2. The van der Waals surface area contributed by atoms with E-state index in [2.05, 4.69) is 32.2 Å². The summed E-state index contributed by atoms with van der Waals surface area (Å²) in [6, 6.07) is 7.81. The van der Waals surface area contributed by atoms with Crippen molar-refractivity contribution in [2.24, 2.45) is 5.92 Å². The molecule has 0 bridgehead atoms. The summed E-state index contributed by atoms with van der Waals surface area (Å²) in [4.78, 5) is 29.0. The maximum atomic E-state index is 13.6. The molecule has 0 unspecified atom stereocenters. The quantitative estimate of drug-likeness (QED) is 0.235. The summed E-state index contributed by atoms with van der Waals surface area (Å²) in [5, 5.41) is 14.8. The highest BCUT2D eigenvalue weighted by atomic mass is 19.1. The van der Waals surface area contributed by atoms with Crippen LogP contribution in [0.15, 0.2) is 49.2 Å². The van der Waals surface area contributed by atoms with Crippen molar-refractivity contribution < 1.29 is 23.8 Å². The van der Waals surface area contributed by atoms with Crippen molar-refractivity contribution in [3.05, 3.63) is 60.8 Å². The minimum Gasteiger partial charge on any atom is -0.396 e. The number of nitrogens with zero attached hydrogens (tertiary/aromatic N) is 3. The maximum Gasteiger partial charge on any atom is 0.228 e. The second kappa shape index (κ2) is 12.3. The summed E-state index contributed by atoms with van der Waals surface area (Å²) in [6.07, 6.45) is 3.56. The van der Waals surface area contributed by atoms with Gasteiger partial charge in [0.1, 0.15) is 11.6 Å². The van der Waals surface area contributed by atoms with Crippen LogP contribution in [0.1, 0.15) is 12.2 Å². The third-order valence-electron chi connectivity index (χ3n) is 5.52. The van der Waals surface area contributed by atoms with Crippen LogP contribution in [0.5, 0.6) is 0 Å². The monoisotopic (exact) mass is 496 g/mol. The van der Waals surface area contributed by atoms with E-state index in [1.807, 2.05) is 0 Å². The number of imidazole rings is 1. The predicted molar refractivity (Wildman–Crippen MR) is 131 cm³/mol. The molecular weight excluding hydrogens is 467 g/mol. The topological polar surface area (TPSA) is 134 Å². The maximum absolute atomic E-state index is 13.6. The summed E-state index contributed by atoms with van der Waals surface area (Å²) in [5.74, 6) is 0.142. The van der Waals surface area contributed by atoms with Gasteiger partial charge in [0.05, 0.1) is 42.6 Å². The number of nitrogens with one attached hydrogen (secondary N) is 3. The van der Waals surface area contributed by atoms with Gasteiger partial charge in [-0.15, -0.1) is 6.58 Å². The van der Waals surface area contributed by atoms with E-state index < -0.39 is 6.29 Å². The van der Waals surface area contributed by atoms with Gasteiger partial charge in [0.2, 0.25) is 11.9 Å². The van der Waals surface area contributed by atoms with Crippen molar-refractivity contribution in [2.75, 3.05) is 38.2 Å². The lowest BCUT2D eigenvalue weighted by atomic mass is 10.1. The molecule has 36 heavy (non-hydrogen) atoms. The van der Waals surface area contributed by atoms with E-state index in [-0.39, 0.29) is 37.5 Å². The summed E-state index contributed by atoms with van der Waals surface area (Å²) in [6.45, 7) is 5.05.